The van der Waals surface area contributed by atoms with E-state index >= 15 is 0 Å². The second-order valence-corrected chi connectivity index (χ2v) is 6.29. The molecule has 0 aliphatic heterocycles. The Balaban J connectivity index is 1.69. The fraction of sp³-hybridized carbons (Fsp3) is 0.588. The van der Waals surface area contributed by atoms with E-state index in [0.29, 0.717) is 5.92 Å². The van der Waals surface area contributed by atoms with Crippen LogP contribution in [0.4, 0.5) is 0 Å². The minimum Gasteiger partial charge on any atom is -0.349 e. The lowest BCUT2D eigenvalue weighted by Crippen LogP contribution is -2.28. The van der Waals surface area contributed by atoms with E-state index in [-0.39, 0.29) is 17.9 Å². The lowest BCUT2D eigenvalue weighted by atomic mass is 9.89. The van der Waals surface area contributed by atoms with Gasteiger partial charge in [-0.05, 0) is 61.6 Å². The Kier molecular flexibility index (Phi) is 3.34. The molecule has 3 rings (SSSR count). The molecule has 0 heterocycles. The Morgan fingerprint density at radius 1 is 1.26 bits per heavy atom. The molecule has 0 spiro atoms. The van der Waals surface area contributed by atoms with E-state index in [1.807, 2.05) is 0 Å². The van der Waals surface area contributed by atoms with Crippen LogP contribution in [0.15, 0.2) is 18.2 Å². The van der Waals surface area contributed by atoms with E-state index in [0.717, 1.165) is 6.42 Å². The van der Waals surface area contributed by atoms with Gasteiger partial charge in [0.15, 0.2) is 0 Å². The van der Waals surface area contributed by atoms with Crippen molar-refractivity contribution < 1.29 is 4.79 Å². The Morgan fingerprint density at radius 2 is 1.95 bits per heavy atom. The van der Waals surface area contributed by atoms with Crippen LogP contribution in [0.3, 0.4) is 0 Å². The van der Waals surface area contributed by atoms with Crippen LogP contribution in [0, 0.1) is 11.8 Å². The Labute approximate surface area is 115 Å². The van der Waals surface area contributed by atoms with Crippen LogP contribution < -0.4 is 5.32 Å². The molecule has 2 heteroatoms. The van der Waals surface area contributed by atoms with Gasteiger partial charge in [-0.15, -0.1) is 0 Å². The third kappa shape index (κ3) is 2.68. The molecule has 3 atom stereocenters. The van der Waals surface area contributed by atoms with Gasteiger partial charge in [0, 0.05) is 5.92 Å². The molecule has 2 aliphatic rings. The summed E-state index contributed by atoms with van der Waals surface area (Å²) in [5.41, 5.74) is 4.25. The molecule has 0 bridgehead atoms. The molecule has 0 aromatic heterocycles. The van der Waals surface area contributed by atoms with Crippen LogP contribution in [0.2, 0.25) is 0 Å². The topological polar surface area (TPSA) is 29.1 Å². The number of amides is 1. The van der Waals surface area contributed by atoms with Crippen LogP contribution in [0.25, 0.3) is 0 Å². The number of carbonyl (C=O) groups is 1. The Bertz CT molecular complexity index is 494. The summed E-state index contributed by atoms with van der Waals surface area (Å²) >= 11 is 0. The van der Waals surface area contributed by atoms with Crippen molar-refractivity contribution in [1.29, 1.82) is 0 Å². The smallest absolute Gasteiger partial charge is 0.223 e. The van der Waals surface area contributed by atoms with Gasteiger partial charge in [0.25, 0.3) is 0 Å². The third-order valence-corrected chi connectivity index (χ3v) is 4.68. The largest absolute Gasteiger partial charge is 0.349 e. The monoisotopic (exact) mass is 257 g/mol. The molecule has 0 unspecified atom stereocenters. The lowest BCUT2D eigenvalue weighted by molar-refractivity contribution is -0.123. The normalized spacial score (nSPS) is 26.4. The molecule has 1 saturated carbocycles. The SMILES string of the molecule is C[C@H](NC(=O)[C@@H]1C[C@@H]1C)c1ccc2c(c1)CCCC2. The number of fused-ring (bicyclic) bond motifs is 1. The van der Waals surface area contributed by atoms with E-state index in [2.05, 4.69) is 37.4 Å². The van der Waals surface area contributed by atoms with Crippen molar-refractivity contribution in [3.63, 3.8) is 0 Å². The molecule has 1 amide bonds. The van der Waals surface area contributed by atoms with E-state index in [1.54, 1.807) is 0 Å². The van der Waals surface area contributed by atoms with Gasteiger partial charge in [-0.3, -0.25) is 4.79 Å². The summed E-state index contributed by atoms with van der Waals surface area (Å²) in [6.45, 7) is 4.24. The zero-order valence-corrected chi connectivity index (χ0v) is 11.9. The number of hydrogen-bond donors (Lipinski definition) is 1. The second kappa shape index (κ2) is 4.99. The summed E-state index contributed by atoms with van der Waals surface area (Å²) in [6, 6.07) is 6.88. The van der Waals surface area contributed by atoms with Crippen molar-refractivity contribution in [2.75, 3.05) is 0 Å². The predicted molar refractivity (Wildman–Crippen MR) is 76.9 cm³/mol. The summed E-state index contributed by atoms with van der Waals surface area (Å²) in [5, 5.41) is 3.16. The van der Waals surface area contributed by atoms with E-state index in [4.69, 9.17) is 0 Å². The van der Waals surface area contributed by atoms with Gasteiger partial charge in [0.05, 0.1) is 6.04 Å². The molecule has 1 aromatic carbocycles. The van der Waals surface area contributed by atoms with Crippen molar-refractivity contribution in [1.82, 2.24) is 5.32 Å². The number of hydrogen-bond acceptors (Lipinski definition) is 1. The Morgan fingerprint density at radius 3 is 2.63 bits per heavy atom. The van der Waals surface area contributed by atoms with E-state index < -0.39 is 0 Å². The molecule has 0 saturated heterocycles. The molecule has 1 aromatic rings. The van der Waals surface area contributed by atoms with Gasteiger partial charge >= 0.3 is 0 Å². The first-order chi connectivity index (χ1) is 9.15. The van der Waals surface area contributed by atoms with Gasteiger partial charge in [0.2, 0.25) is 5.91 Å². The fourth-order valence-electron chi connectivity index (χ4n) is 3.11. The van der Waals surface area contributed by atoms with E-state index in [1.165, 1.54) is 42.4 Å². The highest BCUT2D eigenvalue weighted by Crippen LogP contribution is 2.38. The molecular formula is C17H23NO. The predicted octanol–water partition coefficient (Wildman–Crippen LogP) is 3.40. The number of aryl methyl sites for hydroxylation is 2. The Hall–Kier alpha value is -1.31. The highest BCUT2D eigenvalue weighted by molar-refractivity contribution is 5.81. The van der Waals surface area contributed by atoms with Gasteiger partial charge in [0.1, 0.15) is 0 Å². The summed E-state index contributed by atoms with van der Waals surface area (Å²) in [7, 11) is 0. The highest BCUT2D eigenvalue weighted by Gasteiger charge is 2.39. The lowest BCUT2D eigenvalue weighted by Gasteiger charge is -2.20. The van der Waals surface area contributed by atoms with Gasteiger partial charge in [-0.1, -0.05) is 25.1 Å². The van der Waals surface area contributed by atoms with Crippen LogP contribution in [0.1, 0.15) is 55.8 Å². The molecule has 1 N–H and O–H groups in total. The van der Waals surface area contributed by atoms with Crippen molar-refractivity contribution in [3.8, 4) is 0 Å². The maximum atomic E-state index is 12.0. The molecule has 2 aliphatic carbocycles. The quantitative estimate of drug-likeness (QED) is 0.883. The standard InChI is InChI=1S/C17H23NO/c1-11-9-16(11)17(19)18-12(2)14-8-7-13-5-3-4-6-15(13)10-14/h7-8,10-12,16H,3-6,9H2,1-2H3,(H,18,19)/t11-,12-,16+/m0/s1. The zero-order valence-electron chi connectivity index (χ0n) is 11.9. The van der Waals surface area contributed by atoms with Crippen LogP contribution >= 0.6 is 0 Å². The maximum Gasteiger partial charge on any atom is 0.223 e. The summed E-state index contributed by atoms with van der Waals surface area (Å²) < 4.78 is 0. The average Bonchev–Trinajstić information content (AvgIpc) is 3.15. The first-order valence-corrected chi connectivity index (χ1v) is 7.57. The van der Waals surface area contributed by atoms with Crippen LogP contribution in [-0.4, -0.2) is 5.91 Å². The molecule has 1 fully saturated rings. The minimum atomic E-state index is 0.132. The van der Waals surface area contributed by atoms with Crippen molar-refractivity contribution in [2.45, 2.75) is 52.0 Å². The van der Waals surface area contributed by atoms with Crippen molar-refractivity contribution >= 4 is 5.91 Å². The first-order valence-electron chi connectivity index (χ1n) is 7.57. The second-order valence-electron chi connectivity index (χ2n) is 6.29. The van der Waals surface area contributed by atoms with E-state index in [9.17, 15) is 4.79 Å². The summed E-state index contributed by atoms with van der Waals surface area (Å²) in [4.78, 5) is 12.0. The van der Waals surface area contributed by atoms with Crippen LogP contribution in [0.5, 0.6) is 0 Å². The number of rotatable bonds is 3. The van der Waals surface area contributed by atoms with Gasteiger partial charge in [-0.2, -0.15) is 0 Å². The minimum absolute atomic E-state index is 0.132. The molecule has 102 valence electrons. The van der Waals surface area contributed by atoms with Gasteiger partial charge < -0.3 is 5.32 Å². The fourth-order valence-corrected chi connectivity index (χ4v) is 3.11. The summed E-state index contributed by atoms with van der Waals surface area (Å²) in [5.74, 6) is 1.08. The molecule has 0 radical (unpaired) electrons. The van der Waals surface area contributed by atoms with Crippen molar-refractivity contribution in [3.05, 3.63) is 34.9 Å². The maximum absolute atomic E-state index is 12.0. The third-order valence-electron chi connectivity index (χ3n) is 4.68. The first kappa shape index (κ1) is 12.7. The number of carbonyl (C=O) groups excluding carboxylic acids is 1. The molecular weight excluding hydrogens is 234 g/mol. The highest BCUT2D eigenvalue weighted by atomic mass is 16.2. The number of benzene rings is 1. The molecule has 19 heavy (non-hydrogen) atoms. The van der Waals surface area contributed by atoms with Gasteiger partial charge in [-0.25, -0.2) is 0 Å². The zero-order chi connectivity index (χ0) is 13.4. The molecule has 2 nitrogen and oxygen atoms in total. The number of nitrogens with one attached hydrogen (secondary N) is 1. The van der Waals surface area contributed by atoms with Crippen LogP contribution in [-0.2, 0) is 17.6 Å². The summed E-state index contributed by atoms with van der Waals surface area (Å²) in [6.07, 6.45) is 6.09. The van der Waals surface area contributed by atoms with Crippen molar-refractivity contribution in [2.24, 2.45) is 11.8 Å². The average molecular weight is 257 g/mol.